The normalized spacial score (nSPS) is 12.7. The number of aromatic nitrogens is 2. The molecular weight excluding hydrogens is 202 g/mol. The molecule has 2 N–H and O–H groups in total. The van der Waals surface area contributed by atoms with Crippen LogP contribution < -0.4 is 5.73 Å². The second-order valence-corrected chi connectivity index (χ2v) is 4.22. The molecule has 0 saturated heterocycles. The Kier molecular flexibility index (Phi) is 5.19. The zero-order valence-electron chi connectivity index (χ0n) is 10.1. The van der Waals surface area contributed by atoms with Gasteiger partial charge in [-0.25, -0.2) is 4.98 Å². The van der Waals surface area contributed by atoms with Crippen molar-refractivity contribution < 1.29 is 4.79 Å². The molecule has 0 radical (unpaired) electrons. The molecule has 0 aliphatic heterocycles. The highest BCUT2D eigenvalue weighted by atomic mass is 16.1. The molecule has 1 aromatic rings. The van der Waals surface area contributed by atoms with Gasteiger partial charge in [0.25, 0.3) is 0 Å². The van der Waals surface area contributed by atoms with Crippen LogP contribution in [-0.2, 0) is 17.8 Å². The molecule has 4 heteroatoms. The molecule has 0 aliphatic carbocycles. The van der Waals surface area contributed by atoms with Crippen molar-refractivity contribution >= 4 is 5.78 Å². The van der Waals surface area contributed by atoms with Gasteiger partial charge in [0.05, 0.1) is 6.42 Å². The van der Waals surface area contributed by atoms with E-state index in [1.807, 2.05) is 17.7 Å². The lowest BCUT2D eigenvalue weighted by Crippen LogP contribution is -2.14. The average Bonchev–Trinajstić information content (AvgIpc) is 2.73. The Labute approximate surface area is 96.9 Å². The third-order valence-corrected chi connectivity index (χ3v) is 2.82. The summed E-state index contributed by atoms with van der Waals surface area (Å²) in [6.07, 6.45) is 5.58. The first-order valence-electron chi connectivity index (χ1n) is 5.89. The summed E-state index contributed by atoms with van der Waals surface area (Å²) in [6.45, 7) is 5.63. The number of imidazole rings is 1. The SMILES string of the molecule is CCn1ccnc1CC(=O)CCC(C)CN. The van der Waals surface area contributed by atoms with Crippen molar-refractivity contribution in [3.63, 3.8) is 0 Å². The maximum atomic E-state index is 11.7. The van der Waals surface area contributed by atoms with E-state index in [1.165, 1.54) is 0 Å². The standard InChI is InChI=1S/C12H21N3O/c1-3-15-7-6-14-12(15)8-11(16)5-4-10(2)9-13/h6-7,10H,3-5,8-9,13H2,1-2H3. The van der Waals surface area contributed by atoms with Crippen molar-refractivity contribution in [2.24, 2.45) is 11.7 Å². The van der Waals surface area contributed by atoms with E-state index < -0.39 is 0 Å². The molecule has 0 saturated carbocycles. The summed E-state index contributed by atoms with van der Waals surface area (Å²) in [5, 5.41) is 0. The zero-order valence-corrected chi connectivity index (χ0v) is 10.1. The summed E-state index contributed by atoms with van der Waals surface area (Å²) in [7, 11) is 0. The number of rotatable bonds is 7. The van der Waals surface area contributed by atoms with Crippen LogP contribution in [0.15, 0.2) is 12.4 Å². The van der Waals surface area contributed by atoms with Gasteiger partial charge in [-0.15, -0.1) is 0 Å². The van der Waals surface area contributed by atoms with Gasteiger partial charge in [0.2, 0.25) is 0 Å². The van der Waals surface area contributed by atoms with Gasteiger partial charge in [-0.05, 0) is 25.8 Å². The number of Topliss-reactive ketones (excluding diaryl/α,β-unsaturated/α-hetero) is 1. The largest absolute Gasteiger partial charge is 0.335 e. The number of hydrogen-bond donors (Lipinski definition) is 1. The molecule has 0 amide bonds. The van der Waals surface area contributed by atoms with Gasteiger partial charge in [0.1, 0.15) is 11.6 Å². The van der Waals surface area contributed by atoms with Gasteiger partial charge in [-0.3, -0.25) is 4.79 Å². The van der Waals surface area contributed by atoms with Crippen LogP contribution in [0.1, 0.15) is 32.5 Å². The van der Waals surface area contributed by atoms with Gasteiger partial charge < -0.3 is 10.3 Å². The van der Waals surface area contributed by atoms with Crippen LogP contribution >= 0.6 is 0 Å². The molecule has 0 bridgehead atoms. The Morgan fingerprint density at radius 1 is 1.62 bits per heavy atom. The summed E-state index contributed by atoms with van der Waals surface area (Å²) < 4.78 is 2.00. The summed E-state index contributed by atoms with van der Waals surface area (Å²) in [4.78, 5) is 15.9. The Balaban J connectivity index is 2.40. The number of nitrogens with two attached hydrogens (primary N) is 1. The highest BCUT2D eigenvalue weighted by Gasteiger charge is 2.09. The minimum Gasteiger partial charge on any atom is -0.335 e. The topological polar surface area (TPSA) is 60.9 Å². The Morgan fingerprint density at radius 3 is 3.00 bits per heavy atom. The van der Waals surface area contributed by atoms with Crippen molar-refractivity contribution in [2.45, 2.75) is 39.7 Å². The molecule has 1 unspecified atom stereocenters. The van der Waals surface area contributed by atoms with Gasteiger partial charge in [-0.2, -0.15) is 0 Å². The fourth-order valence-electron chi connectivity index (χ4n) is 1.59. The molecule has 90 valence electrons. The second-order valence-electron chi connectivity index (χ2n) is 4.22. The van der Waals surface area contributed by atoms with E-state index in [0.29, 0.717) is 25.3 Å². The minimum atomic E-state index is 0.251. The Morgan fingerprint density at radius 2 is 2.38 bits per heavy atom. The molecule has 1 atom stereocenters. The quantitative estimate of drug-likeness (QED) is 0.760. The lowest BCUT2D eigenvalue weighted by atomic mass is 10.0. The summed E-state index contributed by atoms with van der Waals surface area (Å²) in [6, 6.07) is 0. The molecule has 1 aromatic heterocycles. The Bertz CT molecular complexity index is 333. The predicted molar refractivity (Wildman–Crippen MR) is 64.1 cm³/mol. The zero-order chi connectivity index (χ0) is 12.0. The number of aryl methyl sites for hydroxylation is 1. The molecule has 0 spiro atoms. The molecule has 0 fully saturated rings. The van der Waals surface area contributed by atoms with Crippen LogP contribution in [0.2, 0.25) is 0 Å². The molecule has 0 aliphatic rings. The highest BCUT2D eigenvalue weighted by molar-refractivity contribution is 5.80. The highest BCUT2D eigenvalue weighted by Crippen LogP contribution is 2.07. The fraction of sp³-hybridized carbons (Fsp3) is 0.667. The number of hydrogen-bond acceptors (Lipinski definition) is 3. The van der Waals surface area contributed by atoms with Crippen LogP contribution in [0.4, 0.5) is 0 Å². The minimum absolute atomic E-state index is 0.251. The van der Waals surface area contributed by atoms with Crippen molar-refractivity contribution in [1.82, 2.24) is 9.55 Å². The summed E-state index contributed by atoms with van der Waals surface area (Å²) >= 11 is 0. The van der Waals surface area contributed by atoms with Crippen molar-refractivity contribution in [2.75, 3.05) is 6.54 Å². The van der Waals surface area contributed by atoms with Crippen LogP contribution in [0.3, 0.4) is 0 Å². The lowest BCUT2D eigenvalue weighted by Gasteiger charge is -2.07. The van der Waals surface area contributed by atoms with Gasteiger partial charge >= 0.3 is 0 Å². The van der Waals surface area contributed by atoms with E-state index in [0.717, 1.165) is 18.8 Å². The maximum absolute atomic E-state index is 11.7. The molecule has 4 nitrogen and oxygen atoms in total. The van der Waals surface area contributed by atoms with E-state index >= 15 is 0 Å². The third-order valence-electron chi connectivity index (χ3n) is 2.82. The molecule has 1 heterocycles. The van der Waals surface area contributed by atoms with E-state index in [1.54, 1.807) is 6.20 Å². The van der Waals surface area contributed by atoms with Crippen LogP contribution in [0.25, 0.3) is 0 Å². The van der Waals surface area contributed by atoms with Gasteiger partial charge in [-0.1, -0.05) is 6.92 Å². The second kappa shape index (κ2) is 6.43. The van der Waals surface area contributed by atoms with Crippen molar-refractivity contribution in [3.05, 3.63) is 18.2 Å². The van der Waals surface area contributed by atoms with Crippen LogP contribution in [0, 0.1) is 5.92 Å². The third kappa shape index (κ3) is 3.77. The first-order valence-corrected chi connectivity index (χ1v) is 5.89. The monoisotopic (exact) mass is 223 g/mol. The fourth-order valence-corrected chi connectivity index (χ4v) is 1.59. The number of ketones is 1. The van der Waals surface area contributed by atoms with Crippen molar-refractivity contribution in [1.29, 1.82) is 0 Å². The number of carbonyl (C=O) groups excluding carboxylic acids is 1. The van der Waals surface area contributed by atoms with E-state index in [4.69, 9.17) is 5.73 Å². The smallest absolute Gasteiger partial charge is 0.140 e. The molecular formula is C12H21N3O. The van der Waals surface area contributed by atoms with E-state index in [2.05, 4.69) is 11.9 Å². The average molecular weight is 223 g/mol. The van der Waals surface area contributed by atoms with Crippen LogP contribution in [0.5, 0.6) is 0 Å². The first-order chi connectivity index (χ1) is 7.67. The molecule has 0 aromatic carbocycles. The number of nitrogens with zero attached hydrogens (tertiary/aromatic N) is 2. The van der Waals surface area contributed by atoms with Crippen LogP contribution in [-0.4, -0.2) is 21.9 Å². The first kappa shape index (κ1) is 12.9. The van der Waals surface area contributed by atoms with E-state index in [-0.39, 0.29) is 5.78 Å². The van der Waals surface area contributed by atoms with E-state index in [9.17, 15) is 4.79 Å². The molecule has 1 rings (SSSR count). The summed E-state index contributed by atoms with van der Waals surface area (Å²) in [5.41, 5.74) is 5.51. The number of carbonyl (C=O) groups is 1. The lowest BCUT2D eigenvalue weighted by molar-refractivity contribution is -0.118. The van der Waals surface area contributed by atoms with Gasteiger partial charge in [0, 0.05) is 25.4 Å². The van der Waals surface area contributed by atoms with Gasteiger partial charge in [0.15, 0.2) is 0 Å². The van der Waals surface area contributed by atoms with Crippen molar-refractivity contribution in [3.8, 4) is 0 Å². The maximum Gasteiger partial charge on any atom is 0.140 e. The summed E-state index contributed by atoms with van der Waals surface area (Å²) in [5.74, 6) is 1.55. The predicted octanol–water partition coefficient (Wildman–Crippen LogP) is 1.39. The Hall–Kier alpha value is -1.16. The molecule has 16 heavy (non-hydrogen) atoms.